The van der Waals surface area contributed by atoms with Crippen LogP contribution < -0.4 is 0 Å². The van der Waals surface area contributed by atoms with E-state index in [0.29, 0.717) is 0 Å². The molecule has 0 N–H and O–H groups in total. The topological polar surface area (TPSA) is 38.7 Å². The molecule has 2 rings (SSSR count). The molecular formula is C7H5N3S. The average molecular weight is 163 g/mol. The molecule has 54 valence electrons. The lowest BCUT2D eigenvalue weighted by Crippen LogP contribution is -1.85. The summed E-state index contributed by atoms with van der Waals surface area (Å²) < 4.78 is 0. The van der Waals surface area contributed by atoms with Crippen LogP contribution in [0.25, 0.3) is 10.7 Å². The molecule has 0 aliphatic rings. The molecule has 2 heterocycles. The van der Waals surface area contributed by atoms with Gasteiger partial charge >= 0.3 is 0 Å². The van der Waals surface area contributed by atoms with Crippen LogP contribution in [0.3, 0.4) is 0 Å². The van der Waals surface area contributed by atoms with Crippen molar-refractivity contribution in [3.63, 3.8) is 0 Å². The second-order valence-electron chi connectivity index (χ2n) is 1.94. The Bertz CT molecular complexity index is 317. The van der Waals surface area contributed by atoms with Gasteiger partial charge in [0.05, 0.1) is 4.88 Å². The minimum Gasteiger partial charge on any atom is -0.225 e. The summed E-state index contributed by atoms with van der Waals surface area (Å²) in [5.41, 5.74) is 0. The van der Waals surface area contributed by atoms with Crippen molar-refractivity contribution in [2.45, 2.75) is 0 Å². The summed E-state index contributed by atoms with van der Waals surface area (Å²) in [4.78, 5) is 12.8. The van der Waals surface area contributed by atoms with Crippen molar-refractivity contribution >= 4 is 11.3 Å². The van der Waals surface area contributed by atoms with E-state index in [1.807, 2.05) is 17.5 Å². The highest BCUT2D eigenvalue weighted by molar-refractivity contribution is 7.13. The first kappa shape index (κ1) is 6.42. The third-order valence-corrected chi connectivity index (χ3v) is 2.10. The van der Waals surface area contributed by atoms with Gasteiger partial charge in [-0.25, -0.2) is 15.0 Å². The van der Waals surface area contributed by atoms with Gasteiger partial charge < -0.3 is 0 Å². The van der Waals surface area contributed by atoms with E-state index in [2.05, 4.69) is 15.0 Å². The van der Waals surface area contributed by atoms with Crippen LogP contribution in [-0.2, 0) is 0 Å². The van der Waals surface area contributed by atoms with Gasteiger partial charge in [-0.2, -0.15) is 0 Å². The second kappa shape index (κ2) is 2.75. The summed E-state index contributed by atoms with van der Waals surface area (Å²) in [7, 11) is 0. The molecule has 0 radical (unpaired) electrons. The molecule has 0 spiro atoms. The van der Waals surface area contributed by atoms with Gasteiger partial charge in [-0.1, -0.05) is 6.07 Å². The molecule has 0 aliphatic carbocycles. The molecule has 0 saturated heterocycles. The lowest BCUT2D eigenvalue weighted by atomic mass is 10.4. The van der Waals surface area contributed by atoms with Gasteiger partial charge in [0.2, 0.25) is 0 Å². The number of thiophene rings is 1. The second-order valence-corrected chi connectivity index (χ2v) is 2.89. The van der Waals surface area contributed by atoms with E-state index in [0.717, 1.165) is 10.7 Å². The van der Waals surface area contributed by atoms with Gasteiger partial charge in [0, 0.05) is 0 Å². The monoisotopic (exact) mass is 163 g/mol. The normalized spacial score (nSPS) is 9.82. The maximum absolute atomic E-state index is 4.01. The van der Waals surface area contributed by atoms with Crippen molar-refractivity contribution in [2.75, 3.05) is 0 Å². The van der Waals surface area contributed by atoms with Crippen LogP contribution in [0, 0.1) is 0 Å². The van der Waals surface area contributed by atoms with E-state index in [1.165, 1.54) is 12.7 Å². The Kier molecular flexibility index (Phi) is 1.61. The minimum absolute atomic E-state index is 0.745. The van der Waals surface area contributed by atoms with Crippen molar-refractivity contribution in [1.82, 2.24) is 15.0 Å². The van der Waals surface area contributed by atoms with Crippen molar-refractivity contribution in [3.8, 4) is 10.7 Å². The van der Waals surface area contributed by atoms with Gasteiger partial charge in [0.15, 0.2) is 5.82 Å². The minimum atomic E-state index is 0.745. The Labute approximate surface area is 67.8 Å². The Hall–Kier alpha value is -1.29. The molecule has 0 aromatic carbocycles. The SMILES string of the molecule is c1csc(-c2ncncn2)c1. The molecule has 0 amide bonds. The standard InChI is InChI=1S/C7H5N3S/c1-2-6(11-3-1)7-9-4-8-5-10-7/h1-5H. The first-order valence-corrected chi connectivity index (χ1v) is 4.00. The molecule has 0 unspecified atom stereocenters. The van der Waals surface area contributed by atoms with Crippen molar-refractivity contribution < 1.29 is 0 Å². The molecule has 0 fully saturated rings. The Balaban J connectivity index is 2.46. The lowest BCUT2D eigenvalue weighted by molar-refractivity contribution is 1.06. The van der Waals surface area contributed by atoms with Crippen molar-refractivity contribution in [1.29, 1.82) is 0 Å². The Morgan fingerprint density at radius 1 is 1.18 bits per heavy atom. The first-order valence-electron chi connectivity index (χ1n) is 3.13. The van der Waals surface area contributed by atoms with E-state index >= 15 is 0 Å². The molecule has 2 aromatic heterocycles. The number of hydrogen-bond donors (Lipinski definition) is 0. The molecule has 11 heavy (non-hydrogen) atoms. The van der Waals surface area contributed by atoms with Gasteiger partial charge in [0.1, 0.15) is 12.7 Å². The molecular weight excluding hydrogens is 158 g/mol. The van der Waals surface area contributed by atoms with Crippen LogP contribution in [0.4, 0.5) is 0 Å². The van der Waals surface area contributed by atoms with E-state index < -0.39 is 0 Å². The third kappa shape index (κ3) is 1.25. The highest BCUT2D eigenvalue weighted by Crippen LogP contribution is 2.18. The Morgan fingerprint density at radius 3 is 2.64 bits per heavy atom. The lowest BCUT2D eigenvalue weighted by Gasteiger charge is -1.90. The summed E-state index contributed by atoms with van der Waals surface area (Å²) in [6.45, 7) is 0. The first-order chi connectivity index (χ1) is 5.47. The van der Waals surface area contributed by atoms with Gasteiger partial charge in [0.25, 0.3) is 0 Å². The van der Waals surface area contributed by atoms with Gasteiger partial charge in [-0.3, -0.25) is 0 Å². The zero-order valence-corrected chi connectivity index (χ0v) is 6.45. The van der Waals surface area contributed by atoms with Crippen LogP contribution in [0.15, 0.2) is 30.2 Å². The fourth-order valence-corrected chi connectivity index (χ4v) is 1.44. The number of aromatic nitrogens is 3. The predicted molar refractivity (Wildman–Crippen MR) is 43.1 cm³/mol. The maximum atomic E-state index is 4.01. The molecule has 0 aliphatic heterocycles. The van der Waals surface area contributed by atoms with Crippen molar-refractivity contribution in [3.05, 3.63) is 30.2 Å². The molecule has 0 atom stereocenters. The maximum Gasteiger partial charge on any atom is 0.172 e. The molecule has 0 saturated carbocycles. The summed E-state index contributed by atoms with van der Waals surface area (Å²) in [6.07, 6.45) is 3.00. The van der Waals surface area contributed by atoms with E-state index in [9.17, 15) is 0 Å². The summed E-state index contributed by atoms with van der Waals surface area (Å²) in [6, 6.07) is 3.96. The summed E-state index contributed by atoms with van der Waals surface area (Å²) >= 11 is 1.62. The van der Waals surface area contributed by atoms with E-state index in [-0.39, 0.29) is 0 Å². The summed E-state index contributed by atoms with van der Waals surface area (Å²) in [5.74, 6) is 0.745. The molecule has 2 aromatic rings. The highest BCUT2D eigenvalue weighted by atomic mass is 32.1. The molecule has 4 heteroatoms. The zero-order valence-electron chi connectivity index (χ0n) is 5.64. The highest BCUT2D eigenvalue weighted by Gasteiger charge is 1.98. The smallest absolute Gasteiger partial charge is 0.172 e. The van der Waals surface area contributed by atoms with Crippen LogP contribution in [0.5, 0.6) is 0 Å². The number of nitrogens with zero attached hydrogens (tertiary/aromatic N) is 3. The largest absolute Gasteiger partial charge is 0.225 e. The van der Waals surface area contributed by atoms with Crippen LogP contribution in [0.1, 0.15) is 0 Å². The molecule has 3 nitrogen and oxygen atoms in total. The summed E-state index contributed by atoms with van der Waals surface area (Å²) in [5, 5.41) is 2.00. The number of hydrogen-bond acceptors (Lipinski definition) is 4. The van der Waals surface area contributed by atoms with E-state index in [4.69, 9.17) is 0 Å². The van der Waals surface area contributed by atoms with E-state index in [1.54, 1.807) is 11.3 Å². The van der Waals surface area contributed by atoms with Gasteiger partial charge in [-0.15, -0.1) is 11.3 Å². The predicted octanol–water partition coefficient (Wildman–Crippen LogP) is 1.60. The Morgan fingerprint density at radius 2 is 2.00 bits per heavy atom. The quantitative estimate of drug-likeness (QED) is 0.641. The molecule has 0 bridgehead atoms. The third-order valence-electron chi connectivity index (χ3n) is 1.23. The van der Waals surface area contributed by atoms with Crippen LogP contribution in [-0.4, -0.2) is 15.0 Å². The fraction of sp³-hybridized carbons (Fsp3) is 0. The zero-order chi connectivity index (χ0) is 7.52. The number of rotatable bonds is 1. The van der Waals surface area contributed by atoms with Crippen LogP contribution >= 0.6 is 11.3 Å². The van der Waals surface area contributed by atoms with Crippen LogP contribution in [0.2, 0.25) is 0 Å². The fourth-order valence-electron chi connectivity index (χ4n) is 0.772. The van der Waals surface area contributed by atoms with Gasteiger partial charge in [-0.05, 0) is 11.4 Å². The van der Waals surface area contributed by atoms with Crippen molar-refractivity contribution in [2.24, 2.45) is 0 Å². The average Bonchev–Trinajstić information content (AvgIpc) is 2.58.